The van der Waals surface area contributed by atoms with Crippen molar-refractivity contribution in [1.82, 2.24) is 0 Å². The molecule has 15 aromatic rings. The Morgan fingerprint density at radius 1 is 0.276 bits per heavy atom. The van der Waals surface area contributed by atoms with Crippen molar-refractivity contribution in [2.75, 3.05) is 4.90 Å². The molecule has 15 rings (SSSR count). The molecule has 0 spiro atoms. The summed E-state index contributed by atoms with van der Waals surface area (Å²) in [6, 6.07) is 42.4. The fourth-order valence-corrected chi connectivity index (χ4v) is 20.8. The van der Waals surface area contributed by atoms with E-state index in [2.05, 4.69) is 130 Å². The Kier molecular flexibility index (Phi) is 6.50. The van der Waals surface area contributed by atoms with E-state index >= 15 is 0 Å². The van der Waals surface area contributed by atoms with Gasteiger partial charge in [0.1, 0.15) is 0 Å². The van der Waals surface area contributed by atoms with Crippen LogP contribution in [0, 0.1) is 0 Å². The highest BCUT2D eigenvalue weighted by molar-refractivity contribution is 7.52. The summed E-state index contributed by atoms with van der Waals surface area (Å²) in [7, 11) is 0. The first-order valence-electron chi connectivity index (χ1n) is 18.8. The van der Waals surface area contributed by atoms with E-state index in [1.165, 1.54) is 136 Å². The van der Waals surface area contributed by atoms with E-state index in [1.54, 1.807) is 0 Å². The first kappa shape index (κ1) is 32.4. The monoisotopic (exact) mass is 899 g/mol. The van der Waals surface area contributed by atoms with Gasteiger partial charge >= 0.3 is 0 Å². The van der Waals surface area contributed by atoms with Crippen molar-refractivity contribution in [3.8, 4) is 0 Å². The Hall–Kier alpha value is -4.46. The molecule has 0 saturated heterocycles. The number of anilines is 3. The van der Waals surface area contributed by atoms with E-state index < -0.39 is 0 Å². The summed E-state index contributed by atoms with van der Waals surface area (Å²) in [5.41, 5.74) is 3.52. The predicted octanol–water partition coefficient (Wildman–Crippen LogP) is 19.5. The van der Waals surface area contributed by atoms with E-state index in [0.717, 1.165) is 0 Å². The van der Waals surface area contributed by atoms with Crippen molar-refractivity contribution in [2.45, 2.75) is 0 Å². The van der Waals surface area contributed by atoms with E-state index in [-0.39, 0.29) is 0 Å². The van der Waals surface area contributed by atoms with Gasteiger partial charge in [-0.3, -0.25) is 0 Å². The number of thiophene rings is 9. The number of hydrogen-bond donors (Lipinski definition) is 0. The lowest BCUT2D eigenvalue weighted by Gasteiger charge is -2.27. The Morgan fingerprint density at radius 2 is 0.603 bits per heavy atom. The second-order valence-corrected chi connectivity index (χ2v) is 25.4. The maximum atomic E-state index is 2.53. The van der Waals surface area contributed by atoms with Crippen LogP contribution in [0.25, 0.3) is 119 Å². The zero-order chi connectivity index (χ0) is 37.4. The van der Waals surface area contributed by atoms with Gasteiger partial charge < -0.3 is 4.90 Å². The fraction of sp³-hybridized carbons (Fsp3) is 0. The molecule has 9 aromatic heterocycles. The maximum absolute atomic E-state index is 2.53. The van der Waals surface area contributed by atoms with Crippen molar-refractivity contribution in [1.29, 1.82) is 0 Å². The van der Waals surface area contributed by atoms with Crippen LogP contribution in [0.2, 0.25) is 0 Å². The number of fused-ring (bicyclic) bond motifs is 21. The summed E-state index contributed by atoms with van der Waals surface area (Å²) >= 11 is 17.3. The third-order valence-electron chi connectivity index (χ3n) is 11.9. The summed E-state index contributed by atoms with van der Waals surface area (Å²) in [5.74, 6) is 0. The fourth-order valence-electron chi connectivity index (χ4n) is 9.40. The van der Waals surface area contributed by atoms with Crippen LogP contribution in [0.4, 0.5) is 17.1 Å². The van der Waals surface area contributed by atoms with Gasteiger partial charge in [0.15, 0.2) is 0 Å². The van der Waals surface area contributed by atoms with Crippen LogP contribution < -0.4 is 4.90 Å². The average Bonchev–Trinajstić information content (AvgIpc) is 4.08. The zero-order valence-electron chi connectivity index (χ0n) is 29.7. The molecular formula is C48H21NS9. The van der Waals surface area contributed by atoms with Gasteiger partial charge in [0.05, 0.1) is 24.1 Å². The van der Waals surface area contributed by atoms with Crippen LogP contribution in [0.1, 0.15) is 0 Å². The molecule has 0 N–H and O–H groups in total. The number of rotatable bonds is 3. The Labute approximate surface area is 364 Å². The Morgan fingerprint density at radius 3 is 0.948 bits per heavy atom. The van der Waals surface area contributed by atoms with Gasteiger partial charge in [0, 0.05) is 79.6 Å². The van der Waals surface area contributed by atoms with E-state index in [0.29, 0.717) is 0 Å². The van der Waals surface area contributed by atoms with Gasteiger partial charge in [0.2, 0.25) is 0 Å². The minimum absolute atomic E-state index is 1.17. The highest BCUT2D eigenvalue weighted by atomic mass is 32.2. The van der Waals surface area contributed by atoms with Crippen LogP contribution >= 0.6 is 102 Å². The van der Waals surface area contributed by atoms with Crippen LogP contribution in [0.15, 0.2) is 125 Å². The van der Waals surface area contributed by atoms with Gasteiger partial charge in [0.25, 0.3) is 0 Å². The number of hydrogen-bond acceptors (Lipinski definition) is 10. The second-order valence-electron chi connectivity index (χ2n) is 14.8. The molecule has 0 aliphatic heterocycles. The molecule has 9 heterocycles. The third kappa shape index (κ3) is 4.27. The lowest BCUT2D eigenvalue weighted by atomic mass is 10.00. The molecule has 0 atom stereocenters. The number of benzene rings is 6. The molecule has 1 nitrogen and oxygen atoms in total. The van der Waals surface area contributed by atoms with Crippen LogP contribution in [0.3, 0.4) is 0 Å². The summed E-state index contributed by atoms with van der Waals surface area (Å²) < 4.78 is 12.6. The van der Waals surface area contributed by atoms with Crippen molar-refractivity contribution in [2.24, 2.45) is 0 Å². The molecule has 0 aliphatic carbocycles. The standard InChI is InChI=1S/C48H21NS9/c1-7-25(19-31-22(1)4-10-34-37(31)40-28-13-16-50-43(28)56-46(40)53-34)49(26-8-2-23-5-11-35-38(32(23)20-26)41-29-14-17-51-44(29)57-47(41)54-35)27-9-3-24-6-12-36-39(33(24)21-27)42-30-15-18-52-45(30)58-48(42)55-36/h1-21H. The highest BCUT2D eigenvalue weighted by Gasteiger charge is 2.22. The van der Waals surface area contributed by atoms with Crippen molar-refractivity contribution in [3.63, 3.8) is 0 Å². The van der Waals surface area contributed by atoms with Crippen LogP contribution in [-0.4, -0.2) is 0 Å². The molecule has 6 aromatic carbocycles. The lowest BCUT2D eigenvalue weighted by molar-refractivity contribution is 1.30. The second kappa shape index (κ2) is 11.6. The smallest absolute Gasteiger partial charge is 0.0899 e. The molecule has 0 amide bonds. The summed E-state index contributed by atoms with van der Waals surface area (Å²) in [6.07, 6.45) is 0. The average molecular weight is 900 g/mol. The molecule has 0 fully saturated rings. The Balaban J connectivity index is 1.05. The zero-order valence-corrected chi connectivity index (χ0v) is 37.1. The van der Waals surface area contributed by atoms with Gasteiger partial charge in [-0.25, -0.2) is 0 Å². The highest BCUT2D eigenvalue weighted by Crippen LogP contribution is 2.53. The number of nitrogens with zero attached hydrogens (tertiary/aromatic N) is 1. The van der Waals surface area contributed by atoms with Crippen molar-refractivity contribution in [3.05, 3.63) is 125 Å². The largest absolute Gasteiger partial charge is 0.310 e. The predicted molar refractivity (Wildman–Crippen MR) is 272 cm³/mol. The molecule has 0 radical (unpaired) electrons. The van der Waals surface area contributed by atoms with Gasteiger partial charge in [-0.15, -0.1) is 102 Å². The van der Waals surface area contributed by atoms with Gasteiger partial charge in [-0.2, -0.15) is 0 Å². The van der Waals surface area contributed by atoms with Crippen molar-refractivity contribution >= 4 is 238 Å². The molecule has 0 bridgehead atoms. The lowest BCUT2D eigenvalue weighted by Crippen LogP contribution is -2.10. The first-order valence-corrected chi connectivity index (χ1v) is 26.3. The summed E-state index contributed by atoms with van der Waals surface area (Å²) in [4.78, 5) is 2.53. The normalized spacial score (nSPS) is 12.8. The molecular weight excluding hydrogens is 879 g/mol. The molecule has 0 aliphatic rings. The minimum Gasteiger partial charge on any atom is -0.310 e. The molecule has 58 heavy (non-hydrogen) atoms. The molecule has 0 saturated carbocycles. The minimum atomic E-state index is 1.17. The Bertz CT molecular complexity index is 3800. The summed E-state index contributed by atoms with van der Waals surface area (Å²) in [5, 5.41) is 27.2. The van der Waals surface area contributed by atoms with E-state index in [4.69, 9.17) is 0 Å². The quantitative estimate of drug-likeness (QED) is 0.171. The van der Waals surface area contributed by atoms with E-state index in [9.17, 15) is 0 Å². The maximum Gasteiger partial charge on any atom is 0.0899 e. The summed E-state index contributed by atoms with van der Waals surface area (Å²) in [6.45, 7) is 0. The van der Waals surface area contributed by atoms with Gasteiger partial charge in [-0.05, 0) is 121 Å². The SMILES string of the molecule is c1cc2c(s1)sc1sc3ccc4ccc(N(c5ccc6ccc7sc8sc9sccc9c8c7c6c5)c5ccc6ccc7sc8sc9sccc9c8c7c6c5)cc4c3c12. The molecule has 10 heteroatoms. The van der Waals surface area contributed by atoms with Crippen LogP contribution in [0.5, 0.6) is 0 Å². The topological polar surface area (TPSA) is 3.24 Å². The molecule has 0 unspecified atom stereocenters. The van der Waals surface area contributed by atoms with E-state index in [1.807, 2.05) is 102 Å². The van der Waals surface area contributed by atoms with Crippen LogP contribution in [-0.2, 0) is 0 Å². The molecule has 272 valence electrons. The third-order valence-corrected chi connectivity index (χ3v) is 22.4. The first-order chi connectivity index (χ1) is 28.7. The van der Waals surface area contributed by atoms with Crippen molar-refractivity contribution < 1.29 is 0 Å². The van der Waals surface area contributed by atoms with Gasteiger partial charge in [-0.1, -0.05) is 36.4 Å².